The number of aromatic nitrogens is 1. The number of aliphatic hydroxyl groups is 1. The highest BCUT2D eigenvalue weighted by atomic mass is 32.1. The van der Waals surface area contributed by atoms with Gasteiger partial charge in [-0.15, -0.1) is 11.3 Å². The molecule has 1 atom stereocenters. The summed E-state index contributed by atoms with van der Waals surface area (Å²) in [4.78, 5) is 4.61. The fourth-order valence-electron chi connectivity index (χ4n) is 2.25. The molecule has 1 aromatic carbocycles. The zero-order valence-corrected chi connectivity index (χ0v) is 13.7. The smallest absolute Gasteiger partial charge is 0.101 e. The van der Waals surface area contributed by atoms with Gasteiger partial charge in [0.05, 0.1) is 10.7 Å². The van der Waals surface area contributed by atoms with Crippen LogP contribution in [-0.2, 0) is 11.8 Å². The Bertz CT molecular complexity index is 575. The van der Waals surface area contributed by atoms with Gasteiger partial charge in [-0.3, -0.25) is 0 Å². The molecule has 0 amide bonds. The highest BCUT2D eigenvalue weighted by Crippen LogP contribution is 2.29. The van der Waals surface area contributed by atoms with Crippen molar-refractivity contribution in [2.75, 3.05) is 0 Å². The molecular weight excluding hydrogens is 266 g/mol. The molecule has 0 saturated heterocycles. The monoisotopic (exact) mass is 289 g/mol. The van der Waals surface area contributed by atoms with Gasteiger partial charge in [0.15, 0.2) is 0 Å². The molecule has 0 aliphatic heterocycles. The molecule has 1 aromatic heterocycles. The van der Waals surface area contributed by atoms with Gasteiger partial charge in [0.25, 0.3) is 0 Å². The van der Waals surface area contributed by atoms with E-state index in [2.05, 4.69) is 57.8 Å². The van der Waals surface area contributed by atoms with Gasteiger partial charge in [0, 0.05) is 17.2 Å². The third kappa shape index (κ3) is 3.28. The van der Waals surface area contributed by atoms with Crippen molar-refractivity contribution < 1.29 is 5.11 Å². The Labute approximate surface area is 125 Å². The second kappa shape index (κ2) is 5.66. The summed E-state index contributed by atoms with van der Waals surface area (Å²) < 4.78 is 0. The van der Waals surface area contributed by atoms with Gasteiger partial charge in [-0.1, -0.05) is 39.0 Å². The standard InChI is InChI=1S/C17H23NOS/c1-11-7-6-8-12(2)13(11)9-15(19)14-10-20-16(18-14)17(3,4)5/h6-8,10,15,19H,9H2,1-5H3. The van der Waals surface area contributed by atoms with Gasteiger partial charge >= 0.3 is 0 Å². The first-order valence-electron chi connectivity index (χ1n) is 6.98. The fourth-order valence-corrected chi connectivity index (χ4v) is 3.21. The molecule has 2 nitrogen and oxygen atoms in total. The normalized spacial score (nSPS) is 13.5. The lowest BCUT2D eigenvalue weighted by molar-refractivity contribution is 0.173. The zero-order valence-electron chi connectivity index (χ0n) is 12.9. The Hall–Kier alpha value is -1.19. The van der Waals surface area contributed by atoms with Crippen LogP contribution in [0.15, 0.2) is 23.6 Å². The van der Waals surface area contributed by atoms with E-state index in [0.717, 1.165) is 10.7 Å². The second-order valence-corrected chi connectivity index (χ2v) is 7.28. The van der Waals surface area contributed by atoms with Crippen molar-refractivity contribution in [1.82, 2.24) is 4.98 Å². The lowest BCUT2D eigenvalue weighted by Crippen LogP contribution is -2.11. The number of benzene rings is 1. The Morgan fingerprint density at radius 3 is 2.30 bits per heavy atom. The Balaban J connectivity index is 2.20. The molecule has 3 heteroatoms. The first kappa shape index (κ1) is 15.2. The van der Waals surface area contributed by atoms with E-state index in [0.29, 0.717) is 6.42 Å². The summed E-state index contributed by atoms with van der Waals surface area (Å²) in [6, 6.07) is 6.24. The van der Waals surface area contributed by atoms with Gasteiger partial charge < -0.3 is 5.11 Å². The average Bonchev–Trinajstić information content (AvgIpc) is 2.83. The van der Waals surface area contributed by atoms with Gasteiger partial charge in [-0.05, 0) is 30.5 Å². The summed E-state index contributed by atoms with van der Waals surface area (Å²) in [5.41, 5.74) is 4.53. The van der Waals surface area contributed by atoms with Crippen LogP contribution in [-0.4, -0.2) is 10.1 Å². The number of aliphatic hydroxyl groups excluding tert-OH is 1. The molecule has 0 spiro atoms. The van der Waals surface area contributed by atoms with Gasteiger partial charge in [-0.25, -0.2) is 4.98 Å². The van der Waals surface area contributed by atoms with E-state index in [9.17, 15) is 5.11 Å². The first-order valence-corrected chi connectivity index (χ1v) is 7.86. The van der Waals surface area contributed by atoms with E-state index in [1.54, 1.807) is 11.3 Å². The average molecular weight is 289 g/mol. The minimum Gasteiger partial charge on any atom is -0.386 e. The third-order valence-electron chi connectivity index (χ3n) is 3.55. The van der Waals surface area contributed by atoms with Crippen molar-refractivity contribution >= 4 is 11.3 Å². The SMILES string of the molecule is Cc1cccc(C)c1CC(O)c1csc(C(C)(C)C)n1. The summed E-state index contributed by atoms with van der Waals surface area (Å²) in [7, 11) is 0. The fraction of sp³-hybridized carbons (Fsp3) is 0.471. The van der Waals surface area contributed by atoms with Crippen LogP contribution in [0.3, 0.4) is 0 Å². The lowest BCUT2D eigenvalue weighted by atomic mass is 9.96. The number of nitrogens with zero attached hydrogens (tertiary/aromatic N) is 1. The van der Waals surface area contributed by atoms with Crippen LogP contribution >= 0.6 is 11.3 Å². The van der Waals surface area contributed by atoms with Gasteiger partial charge in [0.1, 0.15) is 6.10 Å². The number of rotatable bonds is 3. The molecule has 0 radical (unpaired) electrons. The molecule has 1 unspecified atom stereocenters. The van der Waals surface area contributed by atoms with E-state index in [1.165, 1.54) is 16.7 Å². The summed E-state index contributed by atoms with van der Waals surface area (Å²) in [5.74, 6) is 0. The Kier molecular flexibility index (Phi) is 4.31. The van der Waals surface area contributed by atoms with Crippen molar-refractivity contribution in [3.05, 3.63) is 51.0 Å². The molecule has 108 valence electrons. The minimum atomic E-state index is -0.526. The van der Waals surface area contributed by atoms with Crippen LogP contribution in [0.4, 0.5) is 0 Å². The second-order valence-electron chi connectivity index (χ2n) is 6.42. The zero-order chi connectivity index (χ0) is 14.9. The molecule has 1 N–H and O–H groups in total. The molecule has 0 saturated carbocycles. The highest BCUT2D eigenvalue weighted by Gasteiger charge is 2.21. The maximum Gasteiger partial charge on any atom is 0.101 e. The number of thiazole rings is 1. The van der Waals surface area contributed by atoms with Crippen molar-refractivity contribution in [3.8, 4) is 0 Å². The van der Waals surface area contributed by atoms with E-state index in [1.807, 2.05) is 5.38 Å². The molecule has 0 fully saturated rings. The Morgan fingerprint density at radius 1 is 1.20 bits per heavy atom. The molecule has 1 heterocycles. The van der Waals surface area contributed by atoms with E-state index in [4.69, 9.17) is 0 Å². The van der Waals surface area contributed by atoms with E-state index in [-0.39, 0.29) is 5.41 Å². The number of hydrogen-bond donors (Lipinski definition) is 1. The van der Waals surface area contributed by atoms with Crippen molar-refractivity contribution in [2.24, 2.45) is 0 Å². The number of aryl methyl sites for hydroxylation is 2. The third-order valence-corrected chi connectivity index (χ3v) is 4.83. The predicted octanol–water partition coefficient (Wildman–Crippen LogP) is 4.33. The van der Waals surface area contributed by atoms with Crippen LogP contribution in [0.2, 0.25) is 0 Å². The molecule has 0 bridgehead atoms. The quantitative estimate of drug-likeness (QED) is 0.912. The van der Waals surface area contributed by atoms with Crippen LogP contribution in [0.25, 0.3) is 0 Å². The minimum absolute atomic E-state index is 0.0429. The molecule has 2 rings (SSSR count). The van der Waals surface area contributed by atoms with E-state index >= 15 is 0 Å². The number of hydrogen-bond acceptors (Lipinski definition) is 3. The maximum atomic E-state index is 10.4. The van der Waals surface area contributed by atoms with Crippen LogP contribution < -0.4 is 0 Å². The molecule has 2 aromatic rings. The molecule has 0 aliphatic carbocycles. The topological polar surface area (TPSA) is 33.1 Å². The summed E-state index contributed by atoms with van der Waals surface area (Å²) in [6.45, 7) is 10.6. The highest BCUT2D eigenvalue weighted by molar-refractivity contribution is 7.09. The largest absolute Gasteiger partial charge is 0.386 e. The van der Waals surface area contributed by atoms with Crippen LogP contribution in [0, 0.1) is 13.8 Å². The molecular formula is C17H23NOS. The van der Waals surface area contributed by atoms with Crippen molar-refractivity contribution in [2.45, 2.75) is 52.6 Å². The van der Waals surface area contributed by atoms with Gasteiger partial charge in [0.2, 0.25) is 0 Å². The first-order chi connectivity index (χ1) is 9.29. The maximum absolute atomic E-state index is 10.4. The van der Waals surface area contributed by atoms with Crippen molar-refractivity contribution in [1.29, 1.82) is 0 Å². The summed E-state index contributed by atoms with van der Waals surface area (Å²) in [5, 5.41) is 13.5. The summed E-state index contributed by atoms with van der Waals surface area (Å²) >= 11 is 1.63. The Morgan fingerprint density at radius 2 is 1.80 bits per heavy atom. The molecule has 0 aliphatic rings. The van der Waals surface area contributed by atoms with Crippen molar-refractivity contribution in [3.63, 3.8) is 0 Å². The molecule has 20 heavy (non-hydrogen) atoms. The van der Waals surface area contributed by atoms with Gasteiger partial charge in [-0.2, -0.15) is 0 Å². The van der Waals surface area contributed by atoms with Crippen LogP contribution in [0.1, 0.15) is 54.3 Å². The summed E-state index contributed by atoms with van der Waals surface area (Å²) in [6.07, 6.45) is 0.105. The van der Waals surface area contributed by atoms with E-state index < -0.39 is 6.10 Å². The predicted molar refractivity (Wildman–Crippen MR) is 85.4 cm³/mol. The van der Waals surface area contributed by atoms with Crippen LogP contribution in [0.5, 0.6) is 0 Å². The lowest BCUT2D eigenvalue weighted by Gasteiger charge is -2.15.